The van der Waals surface area contributed by atoms with E-state index in [1.807, 2.05) is 50.9 Å². The molecule has 0 aromatic rings. The zero-order valence-electron chi connectivity index (χ0n) is 14.8. The number of likely N-dealkylation sites (tertiary alicyclic amines) is 1. The van der Waals surface area contributed by atoms with Gasteiger partial charge in [0.05, 0.1) is 6.04 Å². The van der Waals surface area contributed by atoms with E-state index in [2.05, 4.69) is 11.6 Å². The van der Waals surface area contributed by atoms with Crippen LogP contribution >= 0.6 is 0 Å². The zero-order valence-corrected chi connectivity index (χ0v) is 14.8. The molecule has 1 aliphatic heterocycles. The van der Waals surface area contributed by atoms with Gasteiger partial charge >= 0.3 is 0 Å². The standard InChI is InChI=1S/C19H27FN2O/c1-7-10-15(11-8-2)17-12-16(20)19(22(17)6)21-18(14(5)23)13(4)9-3/h7-8,10-11,16-17H,1,9,12H2,2-6H3/b11-8-,15-10+,18-13?,21-19?. The Morgan fingerprint density at radius 3 is 2.61 bits per heavy atom. The van der Waals surface area contributed by atoms with Crippen LogP contribution in [0, 0.1) is 0 Å². The molecule has 4 heteroatoms. The highest BCUT2D eigenvalue weighted by atomic mass is 19.1. The van der Waals surface area contributed by atoms with Crippen LogP contribution in [0.3, 0.4) is 0 Å². The number of nitrogens with zero attached hydrogens (tertiary/aromatic N) is 2. The first-order valence-corrected chi connectivity index (χ1v) is 7.98. The number of likely N-dealkylation sites (N-methyl/N-ethyl adjacent to an activating group) is 1. The van der Waals surface area contributed by atoms with Crippen LogP contribution in [-0.2, 0) is 4.79 Å². The third kappa shape index (κ3) is 4.50. The van der Waals surface area contributed by atoms with E-state index in [0.29, 0.717) is 18.0 Å². The molecule has 0 aliphatic carbocycles. The Labute approximate surface area is 139 Å². The molecule has 2 unspecified atom stereocenters. The number of halogens is 1. The fourth-order valence-electron chi connectivity index (χ4n) is 2.71. The van der Waals surface area contributed by atoms with Gasteiger partial charge in [-0.15, -0.1) is 0 Å². The van der Waals surface area contributed by atoms with E-state index < -0.39 is 6.17 Å². The molecule has 1 rings (SSSR count). The second-order valence-electron chi connectivity index (χ2n) is 5.74. The predicted molar refractivity (Wildman–Crippen MR) is 95.3 cm³/mol. The smallest absolute Gasteiger partial charge is 0.178 e. The number of carbonyl (C=O) groups excluding carboxylic acids is 1. The fourth-order valence-corrected chi connectivity index (χ4v) is 2.71. The van der Waals surface area contributed by atoms with Crippen LogP contribution in [0.15, 0.2) is 52.7 Å². The summed E-state index contributed by atoms with van der Waals surface area (Å²) in [4.78, 5) is 18.0. The van der Waals surface area contributed by atoms with E-state index in [9.17, 15) is 9.18 Å². The Balaban J connectivity index is 3.26. The highest BCUT2D eigenvalue weighted by Crippen LogP contribution is 2.29. The van der Waals surface area contributed by atoms with Gasteiger partial charge in [-0.25, -0.2) is 9.38 Å². The zero-order chi connectivity index (χ0) is 17.6. The Hall–Kier alpha value is -1.97. The summed E-state index contributed by atoms with van der Waals surface area (Å²) in [6.45, 7) is 10.9. The number of carbonyl (C=O) groups is 1. The highest BCUT2D eigenvalue weighted by Gasteiger charge is 2.37. The van der Waals surface area contributed by atoms with E-state index >= 15 is 0 Å². The van der Waals surface area contributed by atoms with E-state index in [1.54, 1.807) is 6.08 Å². The van der Waals surface area contributed by atoms with Crippen molar-refractivity contribution < 1.29 is 9.18 Å². The van der Waals surface area contributed by atoms with Gasteiger partial charge in [0.15, 0.2) is 12.0 Å². The summed E-state index contributed by atoms with van der Waals surface area (Å²) in [6, 6.07) is -0.104. The maximum absolute atomic E-state index is 14.5. The molecule has 126 valence electrons. The minimum absolute atomic E-state index is 0.104. The average Bonchev–Trinajstić information content (AvgIpc) is 2.78. The quantitative estimate of drug-likeness (QED) is 0.537. The molecule has 1 fully saturated rings. The van der Waals surface area contributed by atoms with Gasteiger partial charge in [0.2, 0.25) is 0 Å². The van der Waals surface area contributed by atoms with Gasteiger partial charge in [-0.1, -0.05) is 37.8 Å². The molecule has 1 heterocycles. The topological polar surface area (TPSA) is 32.7 Å². The molecule has 0 radical (unpaired) electrons. The lowest BCUT2D eigenvalue weighted by molar-refractivity contribution is -0.113. The maximum atomic E-state index is 14.5. The lowest BCUT2D eigenvalue weighted by Crippen LogP contribution is -2.31. The number of hydrogen-bond acceptors (Lipinski definition) is 2. The molecule has 0 amide bonds. The van der Waals surface area contributed by atoms with Gasteiger partial charge < -0.3 is 4.90 Å². The van der Waals surface area contributed by atoms with E-state index in [1.165, 1.54) is 6.92 Å². The first-order chi connectivity index (χ1) is 10.9. The van der Waals surface area contributed by atoms with E-state index in [0.717, 1.165) is 17.6 Å². The highest BCUT2D eigenvalue weighted by molar-refractivity contribution is 5.99. The number of allylic oxidation sites excluding steroid dienone is 5. The third-order valence-electron chi connectivity index (χ3n) is 4.09. The molecule has 23 heavy (non-hydrogen) atoms. The summed E-state index contributed by atoms with van der Waals surface area (Å²) in [5, 5.41) is 0. The number of Topliss-reactive ketones (excluding diaryl/α,β-unsaturated/α-hetero) is 1. The summed E-state index contributed by atoms with van der Waals surface area (Å²) >= 11 is 0. The summed E-state index contributed by atoms with van der Waals surface area (Å²) in [7, 11) is 1.82. The molecule has 1 aliphatic rings. The van der Waals surface area contributed by atoms with Crippen molar-refractivity contribution in [1.29, 1.82) is 0 Å². The SMILES string of the molecule is C=C/C=C(\C=C/C)C1CC(F)C(=NC(C(C)=O)=C(C)CC)N1C. The number of amidine groups is 1. The molecule has 1 saturated heterocycles. The number of alkyl halides is 1. The third-order valence-corrected chi connectivity index (χ3v) is 4.09. The number of hydrogen-bond donors (Lipinski definition) is 0. The Morgan fingerprint density at radius 1 is 1.48 bits per heavy atom. The van der Waals surface area contributed by atoms with Gasteiger partial charge in [-0.05, 0) is 31.4 Å². The minimum Gasteiger partial charge on any atom is -0.353 e. The summed E-state index contributed by atoms with van der Waals surface area (Å²) < 4.78 is 14.5. The summed E-state index contributed by atoms with van der Waals surface area (Å²) in [5.41, 5.74) is 2.24. The molecular formula is C19H27FN2O. The first kappa shape index (κ1) is 19.1. The van der Waals surface area contributed by atoms with Crippen molar-refractivity contribution in [2.75, 3.05) is 7.05 Å². The largest absolute Gasteiger partial charge is 0.353 e. The molecule has 0 bridgehead atoms. The number of rotatable bonds is 6. The van der Waals surface area contributed by atoms with Gasteiger partial charge in [-0.2, -0.15) is 0 Å². The fraction of sp³-hybridized carbons (Fsp3) is 0.474. The van der Waals surface area contributed by atoms with Crippen LogP contribution in [0.1, 0.15) is 40.5 Å². The van der Waals surface area contributed by atoms with Crippen molar-refractivity contribution in [3.8, 4) is 0 Å². The lowest BCUT2D eigenvalue weighted by Gasteiger charge is -2.23. The Bertz CT molecular complexity index is 584. The molecule has 3 nitrogen and oxygen atoms in total. The lowest BCUT2D eigenvalue weighted by atomic mass is 10.0. The molecule has 0 saturated carbocycles. The predicted octanol–water partition coefficient (Wildman–Crippen LogP) is 4.39. The van der Waals surface area contributed by atoms with Crippen LogP contribution in [-0.4, -0.2) is 35.8 Å². The minimum atomic E-state index is -1.18. The van der Waals surface area contributed by atoms with Gasteiger partial charge in [-0.3, -0.25) is 4.79 Å². The Morgan fingerprint density at radius 2 is 2.13 bits per heavy atom. The van der Waals surface area contributed by atoms with Crippen LogP contribution in [0.2, 0.25) is 0 Å². The van der Waals surface area contributed by atoms with Crippen molar-refractivity contribution in [2.45, 2.75) is 52.8 Å². The second kappa shape index (κ2) is 8.61. The summed E-state index contributed by atoms with van der Waals surface area (Å²) in [5.74, 6) is 0.198. The molecular weight excluding hydrogens is 291 g/mol. The summed E-state index contributed by atoms with van der Waals surface area (Å²) in [6.07, 6.45) is 7.34. The van der Waals surface area contributed by atoms with Gasteiger partial charge in [0.1, 0.15) is 11.5 Å². The average molecular weight is 318 g/mol. The van der Waals surface area contributed by atoms with Crippen LogP contribution < -0.4 is 0 Å². The molecule has 0 aromatic heterocycles. The Kier molecular flexibility index (Phi) is 7.14. The first-order valence-electron chi connectivity index (χ1n) is 7.98. The molecule has 0 aromatic carbocycles. The van der Waals surface area contributed by atoms with E-state index in [-0.39, 0.29) is 11.8 Å². The van der Waals surface area contributed by atoms with Crippen molar-refractivity contribution >= 4 is 11.6 Å². The van der Waals surface area contributed by atoms with Gasteiger partial charge in [0, 0.05) is 20.4 Å². The number of ketones is 1. The maximum Gasteiger partial charge on any atom is 0.178 e. The van der Waals surface area contributed by atoms with Crippen molar-refractivity contribution in [3.63, 3.8) is 0 Å². The van der Waals surface area contributed by atoms with Crippen LogP contribution in [0.5, 0.6) is 0 Å². The van der Waals surface area contributed by atoms with Crippen molar-refractivity contribution in [2.24, 2.45) is 4.99 Å². The van der Waals surface area contributed by atoms with Crippen LogP contribution in [0.4, 0.5) is 4.39 Å². The van der Waals surface area contributed by atoms with E-state index in [4.69, 9.17) is 0 Å². The molecule has 2 atom stereocenters. The van der Waals surface area contributed by atoms with Crippen LogP contribution in [0.25, 0.3) is 0 Å². The van der Waals surface area contributed by atoms with Gasteiger partial charge in [0.25, 0.3) is 0 Å². The monoisotopic (exact) mass is 318 g/mol. The molecule has 0 spiro atoms. The molecule has 0 N–H and O–H groups in total. The second-order valence-corrected chi connectivity index (χ2v) is 5.74. The van der Waals surface area contributed by atoms with Crippen molar-refractivity contribution in [3.05, 3.63) is 47.7 Å². The van der Waals surface area contributed by atoms with Crippen molar-refractivity contribution in [1.82, 2.24) is 4.90 Å². The number of aliphatic imine (C=N–C) groups is 1. The normalized spacial score (nSPS) is 25.2.